The minimum Gasteiger partial charge on any atom is -0.390 e. The maximum Gasteiger partial charge on any atom is 0.128 e. The van der Waals surface area contributed by atoms with Gasteiger partial charge < -0.3 is 14.7 Å². The predicted octanol–water partition coefficient (Wildman–Crippen LogP) is 1.44. The van der Waals surface area contributed by atoms with Crippen molar-refractivity contribution in [3.63, 3.8) is 0 Å². The number of ether oxygens (including phenoxy) is 1. The molecule has 0 radical (unpaired) electrons. The first-order valence-electron chi connectivity index (χ1n) is 6.15. The lowest BCUT2D eigenvalue weighted by Crippen LogP contribution is -2.24. The molecule has 17 heavy (non-hydrogen) atoms. The Bertz CT molecular complexity index is 353. The summed E-state index contributed by atoms with van der Waals surface area (Å²) in [5, 5.41) is 9.02. The van der Waals surface area contributed by atoms with Gasteiger partial charge in [0, 0.05) is 20.2 Å². The molecule has 0 amide bonds. The van der Waals surface area contributed by atoms with Crippen molar-refractivity contribution in [2.75, 3.05) is 31.7 Å². The average molecular weight is 236 g/mol. The number of likely N-dealkylation sites (N-methyl/N-ethyl adjacent to an activating group) is 1. The normalized spacial score (nSPS) is 14.9. The number of aliphatic hydroxyl groups excluding tert-OH is 1. The molecule has 4 nitrogen and oxygen atoms in total. The van der Waals surface area contributed by atoms with E-state index in [2.05, 4.69) is 4.98 Å². The molecule has 2 rings (SSSR count). The summed E-state index contributed by atoms with van der Waals surface area (Å²) in [5.74, 6) is 1.70. The molecule has 1 fully saturated rings. The van der Waals surface area contributed by atoms with E-state index < -0.39 is 0 Å². The van der Waals surface area contributed by atoms with E-state index in [4.69, 9.17) is 9.84 Å². The molecule has 0 bridgehead atoms. The summed E-state index contributed by atoms with van der Waals surface area (Å²) >= 11 is 0. The van der Waals surface area contributed by atoms with Gasteiger partial charge in [0.1, 0.15) is 5.82 Å². The van der Waals surface area contributed by atoms with Gasteiger partial charge in [-0.25, -0.2) is 4.98 Å². The third-order valence-corrected chi connectivity index (χ3v) is 2.97. The first-order chi connectivity index (χ1) is 8.29. The minimum absolute atomic E-state index is 0.0140. The Labute approximate surface area is 102 Å². The first kappa shape index (κ1) is 12.3. The number of hydrogen-bond donors (Lipinski definition) is 1. The van der Waals surface area contributed by atoms with Crippen LogP contribution in [-0.4, -0.2) is 36.9 Å². The van der Waals surface area contributed by atoms with Crippen LogP contribution in [0.1, 0.15) is 18.5 Å². The Kier molecular flexibility index (Phi) is 4.34. The van der Waals surface area contributed by atoms with Gasteiger partial charge in [-0.05, 0) is 30.9 Å². The van der Waals surface area contributed by atoms with E-state index in [1.54, 1.807) is 0 Å². The molecule has 1 heterocycles. The van der Waals surface area contributed by atoms with Crippen LogP contribution in [-0.2, 0) is 11.3 Å². The van der Waals surface area contributed by atoms with Gasteiger partial charge in [-0.3, -0.25) is 0 Å². The molecule has 1 aliphatic rings. The molecule has 0 saturated heterocycles. The number of hydrogen-bond acceptors (Lipinski definition) is 4. The topological polar surface area (TPSA) is 45.6 Å². The van der Waals surface area contributed by atoms with Crippen molar-refractivity contribution >= 4 is 5.82 Å². The molecule has 0 atom stereocenters. The first-order valence-corrected chi connectivity index (χ1v) is 6.15. The van der Waals surface area contributed by atoms with Gasteiger partial charge in [0.05, 0.1) is 18.9 Å². The second-order valence-electron chi connectivity index (χ2n) is 4.59. The minimum atomic E-state index is -0.0140. The number of pyridine rings is 1. The van der Waals surface area contributed by atoms with Crippen molar-refractivity contribution in [3.8, 4) is 0 Å². The standard InChI is InChI=1S/C13H20N2O2/c1-15(7-8-17-10-11-5-6-11)13-4-2-3-12(9-16)14-13/h2-4,11,16H,5-10H2,1H3. The second kappa shape index (κ2) is 5.98. The molecule has 4 heteroatoms. The fourth-order valence-corrected chi connectivity index (χ4v) is 1.62. The van der Waals surface area contributed by atoms with Crippen LogP contribution in [0.4, 0.5) is 5.82 Å². The molecular formula is C13H20N2O2. The quantitative estimate of drug-likeness (QED) is 0.728. The van der Waals surface area contributed by atoms with Crippen molar-refractivity contribution in [3.05, 3.63) is 23.9 Å². The van der Waals surface area contributed by atoms with Crippen LogP contribution < -0.4 is 4.90 Å². The van der Waals surface area contributed by atoms with Gasteiger partial charge in [0.15, 0.2) is 0 Å². The van der Waals surface area contributed by atoms with Crippen molar-refractivity contribution in [2.45, 2.75) is 19.4 Å². The van der Waals surface area contributed by atoms with Gasteiger partial charge in [0.2, 0.25) is 0 Å². The summed E-state index contributed by atoms with van der Waals surface area (Å²) in [7, 11) is 1.99. The molecule has 1 aromatic heterocycles. The molecule has 0 spiro atoms. The van der Waals surface area contributed by atoms with Crippen molar-refractivity contribution in [1.82, 2.24) is 4.98 Å². The summed E-state index contributed by atoms with van der Waals surface area (Å²) in [4.78, 5) is 6.39. The van der Waals surface area contributed by atoms with E-state index in [1.165, 1.54) is 12.8 Å². The number of aliphatic hydroxyl groups is 1. The molecule has 0 unspecified atom stereocenters. The van der Waals surface area contributed by atoms with E-state index in [9.17, 15) is 0 Å². The summed E-state index contributed by atoms with van der Waals surface area (Å²) in [6, 6.07) is 5.68. The zero-order chi connectivity index (χ0) is 12.1. The lowest BCUT2D eigenvalue weighted by atomic mass is 10.3. The van der Waals surface area contributed by atoms with E-state index in [0.29, 0.717) is 5.69 Å². The van der Waals surface area contributed by atoms with Crippen LogP contribution in [0.5, 0.6) is 0 Å². The fraction of sp³-hybridized carbons (Fsp3) is 0.615. The maximum atomic E-state index is 9.02. The van der Waals surface area contributed by atoms with Gasteiger partial charge >= 0.3 is 0 Å². The lowest BCUT2D eigenvalue weighted by Gasteiger charge is -2.18. The van der Waals surface area contributed by atoms with Crippen molar-refractivity contribution in [2.24, 2.45) is 5.92 Å². The number of anilines is 1. The second-order valence-corrected chi connectivity index (χ2v) is 4.59. The monoisotopic (exact) mass is 236 g/mol. The third kappa shape index (κ3) is 3.98. The zero-order valence-corrected chi connectivity index (χ0v) is 10.3. The Balaban J connectivity index is 1.74. The maximum absolute atomic E-state index is 9.02. The molecule has 0 aromatic carbocycles. The van der Waals surface area contributed by atoms with Crippen molar-refractivity contribution in [1.29, 1.82) is 0 Å². The summed E-state index contributed by atoms with van der Waals surface area (Å²) in [5.41, 5.74) is 0.702. The largest absolute Gasteiger partial charge is 0.390 e. The number of rotatable bonds is 7. The number of nitrogens with zero attached hydrogens (tertiary/aromatic N) is 2. The Morgan fingerprint density at radius 2 is 2.29 bits per heavy atom. The molecule has 94 valence electrons. The molecule has 1 N–H and O–H groups in total. The molecule has 1 saturated carbocycles. The molecule has 1 aliphatic carbocycles. The van der Waals surface area contributed by atoms with E-state index in [1.807, 2.05) is 30.1 Å². The van der Waals surface area contributed by atoms with Crippen molar-refractivity contribution < 1.29 is 9.84 Å². The highest BCUT2D eigenvalue weighted by Crippen LogP contribution is 2.28. The van der Waals surface area contributed by atoms with Crippen LogP contribution in [0.3, 0.4) is 0 Å². The van der Waals surface area contributed by atoms with Crippen LogP contribution >= 0.6 is 0 Å². The molecule has 0 aliphatic heterocycles. The Morgan fingerprint density at radius 1 is 1.47 bits per heavy atom. The third-order valence-electron chi connectivity index (χ3n) is 2.97. The highest BCUT2D eigenvalue weighted by atomic mass is 16.5. The summed E-state index contributed by atoms with van der Waals surface area (Å²) < 4.78 is 5.59. The highest BCUT2D eigenvalue weighted by Gasteiger charge is 2.20. The van der Waals surface area contributed by atoms with Gasteiger partial charge in [-0.2, -0.15) is 0 Å². The Morgan fingerprint density at radius 3 is 3.00 bits per heavy atom. The zero-order valence-electron chi connectivity index (χ0n) is 10.3. The van der Waals surface area contributed by atoms with Gasteiger partial charge in [0.25, 0.3) is 0 Å². The molecule has 1 aromatic rings. The summed E-state index contributed by atoms with van der Waals surface area (Å²) in [6.07, 6.45) is 2.66. The van der Waals surface area contributed by atoms with Gasteiger partial charge in [-0.15, -0.1) is 0 Å². The predicted molar refractivity (Wildman–Crippen MR) is 67.0 cm³/mol. The van der Waals surface area contributed by atoms with Gasteiger partial charge in [-0.1, -0.05) is 6.07 Å². The average Bonchev–Trinajstić information content (AvgIpc) is 3.18. The SMILES string of the molecule is CN(CCOCC1CC1)c1cccc(CO)n1. The van der Waals surface area contributed by atoms with Crippen LogP contribution in [0.25, 0.3) is 0 Å². The smallest absolute Gasteiger partial charge is 0.128 e. The molecular weight excluding hydrogens is 216 g/mol. The highest BCUT2D eigenvalue weighted by molar-refractivity contribution is 5.37. The summed E-state index contributed by atoms with van der Waals surface area (Å²) in [6.45, 7) is 2.45. The lowest BCUT2D eigenvalue weighted by molar-refractivity contribution is 0.131. The number of aromatic nitrogens is 1. The Hall–Kier alpha value is -1.13. The van der Waals surface area contributed by atoms with Crippen LogP contribution in [0.2, 0.25) is 0 Å². The van der Waals surface area contributed by atoms with E-state index in [-0.39, 0.29) is 6.61 Å². The fourth-order valence-electron chi connectivity index (χ4n) is 1.62. The van der Waals surface area contributed by atoms with Crippen LogP contribution in [0, 0.1) is 5.92 Å². The van der Waals surface area contributed by atoms with E-state index >= 15 is 0 Å². The van der Waals surface area contributed by atoms with Crippen LogP contribution in [0.15, 0.2) is 18.2 Å². The van der Waals surface area contributed by atoms with E-state index in [0.717, 1.165) is 31.5 Å².